The fraction of sp³-hybridized carbons (Fsp3) is 0.0833. The molecule has 0 fully saturated rings. The first-order valence-electron chi connectivity index (χ1n) is 4.80. The van der Waals surface area contributed by atoms with E-state index in [1.807, 2.05) is 24.3 Å². The molecule has 15 heavy (non-hydrogen) atoms. The molecule has 0 saturated heterocycles. The normalized spacial score (nSPS) is 14.3. The van der Waals surface area contributed by atoms with Gasteiger partial charge in [-0.3, -0.25) is 4.79 Å². The number of aliphatic imine (C=N–C) groups is 1. The average molecular weight is 196 g/mol. The third kappa shape index (κ3) is 1.16. The van der Waals surface area contributed by atoms with Crippen molar-refractivity contribution in [2.45, 2.75) is 6.42 Å². The van der Waals surface area contributed by atoms with Gasteiger partial charge in [0, 0.05) is 24.2 Å². The Labute approximate surface area is 86.5 Å². The number of hydrogen-bond acceptors (Lipinski definition) is 3. The van der Waals surface area contributed by atoms with Crippen LogP contribution in [0.2, 0.25) is 0 Å². The van der Waals surface area contributed by atoms with E-state index in [9.17, 15) is 4.79 Å². The molecule has 0 atom stereocenters. The summed E-state index contributed by atoms with van der Waals surface area (Å²) in [6.07, 6.45) is 3.75. The minimum absolute atomic E-state index is 0.101. The molecule has 0 unspecified atom stereocenters. The molecule has 0 aliphatic carbocycles. The van der Waals surface area contributed by atoms with Crippen LogP contribution < -0.4 is 0 Å². The predicted octanol–water partition coefficient (Wildman–Crippen LogP) is 2.52. The van der Waals surface area contributed by atoms with Crippen LogP contribution in [-0.4, -0.2) is 17.0 Å². The van der Waals surface area contributed by atoms with E-state index >= 15 is 0 Å². The molecule has 0 spiro atoms. The Balaban J connectivity index is 2.47. The molecule has 72 valence electrons. The van der Waals surface area contributed by atoms with E-state index in [2.05, 4.69) is 9.98 Å². The molecule has 3 nitrogen and oxygen atoms in total. The van der Waals surface area contributed by atoms with Gasteiger partial charge in [-0.05, 0) is 5.39 Å². The summed E-state index contributed by atoms with van der Waals surface area (Å²) in [5.74, 6) is 0.647. The molecule has 1 aromatic heterocycles. The lowest BCUT2D eigenvalue weighted by atomic mass is 10.0. The molecule has 0 bridgehead atoms. The highest BCUT2D eigenvalue weighted by atomic mass is 16.1. The number of rotatable bonds is 0. The molecule has 1 aliphatic heterocycles. The zero-order valence-electron chi connectivity index (χ0n) is 7.97. The van der Waals surface area contributed by atoms with Gasteiger partial charge in [-0.25, -0.2) is 9.98 Å². The summed E-state index contributed by atoms with van der Waals surface area (Å²) < 4.78 is 0. The Bertz CT molecular complexity index is 587. The van der Waals surface area contributed by atoms with E-state index in [0.717, 1.165) is 10.8 Å². The fourth-order valence-electron chi connectivity index (χ4n) is 1.84. The lowest BCUT2D eigenvalue weighted by Gasteiger charge is -2.10. The summed E-state index contributed by atoms with van der Waals surface area (Å²) in [7, 11) is 0. The van der Waals surface area contributed by atoms with Gasteiger partial charge in [0.05, 0.1) is 5.56 Å². The van der Waals surface area contributed by atoms with Crippen LogP contribution in [0, 0.1) is 0 Å². The molecule has 0 saturated carbocycles. The summed E-state index contributed by atoms with van der Waals surface area (Å²) in [6, 6.07) is 7.75. The maximum atomic E-state index is 11.8. The zero-order chi connectivity index (χ0) is 10.3. The maximum absolute atomic E-state index is 11.8. The van der Waals surface area contributed by atoms with Crippen molar-refractivity contribution in [3.8, 4) is 0 Å². The van der Waals surface area contributed by atoms with Crippen LogP contribution in [0.1, 0.15) is 16.8 Å². The van der Waals surface area contributed by atoms with E-state index in [-0.39, 0.29) is 5.78 Å². The van der Waals surface area contributed by atoms with Gasteiger partial charge in [-0.15, -0.1) is 0 Å². The highest BCUT2D eigenvalue weighted by Gasteiger charge is 2.18. The zero-order valence-corrected chi connectivity index (χ0v) is 7.97. The van der Waals surface area contributed by atoms with E-state index in [0.29, 0.717) is 17.8 Å². The van der Waals surface area contributed by atoms with E-state index in [1.165, 1.54) is 0 Å². The molecular weight excluding hydrogens is 188 g/mol. The van der Waals surface area contributed by atoms with E-state index < -0.39 is 0 Å². The Kier molecular flexibility index (Phi) is 1.65. The van der Waals surface area contributed by atoms with Gasteiger partial charge >= 0.3 is 0 Å². The van der Waals surface area contributed by atoms with Gasteiger partial charge in [-0.2, -0.15) is 0 Å². The van der Waals surface area contributed by atoms with Crippen molar-refractivity contribution in [1.29, 1.82) is 0 Å². The minimum atomic E-state index is 0.101. The fourth-order valence-corrected chi connectivity index (χ4v) is 1.84. The van der Waals surface area contributed by atoms with Gasteiger partial charge in [0.25, 0.3) is 0 Å². The molecule has 2 aromatic rings. The van der Waals surface area contributed by atoms with Crippen molar-refractivity contribution < 1.29 is 4.79 Å². The van der Waals surface area contributed by atoms with E-state index in [4.69, 9.17) is 0 Å². The molecule has 1 aliphatic rings. The van der Waals surface area contributed by atoms with Crippen LogP contribution in [0.4, 0.5) is 5.82 Å². The Hall–Kier alpha value is -2.03. The summed E-state index contributed by atoms with van der Waals surface area (Å²) in [6.45, 7) is 0. The summed E-state index contributed by atoms with van der Waals surface area (Å²) in [5, 5.41) is 1.94. The van der Waals surface area contributed by atoms with Crippen molar-refractivity contribution in [2.24, 2.45) is 4.99 Å². The van der Waals surface area contributed by atoms with Crippen LogP contribution >= 0.6 is 0 Å². The number of nitrogens with zero attached hydrogens (tertiary/aromatic N) is 2. The lowest BCUT2D eigenvalue weighted by Crippen LogP contribution is -2.06. The first-order chi connectivity index (χ1) is 7.36. The van der Waals surface area contributed by atoms with Crippen LogP contribution in [0.15, 0.2) is 35.5 Å². The van der Waals surface area contributed by atoms with Crippen molar-refractivity contribution in [3.05, 3.63) is 36.0 Å². The van der Waals surface area contributed by atoms with Crippen molar-refractivity contribution in [2.75, 3.05) is 0 Å². The molecule has 0 amide bonds. The molecule has 2 heterocycles. The number of ketones is 1. The molecule has 0 N–H and O–H groups in total. The molecular formula is C12H8N2O. The summed E-state index contributed by atoms with van der Waals surface area (Å²) in [4.78, 5) is 20.1. The molecule has 0 radical (unpaired) electrons. The van der Waals surface area contributed by atoms with Gasteiger partial charge in [0.1, 0.15) is 0 Å². The van der Waals surface area contributed by atoms with Crippen molar-refractivity contribution in [1.82, 2.24) is 4.98 Å². The first-order valence-corrected chi connectivity index (χ1v) is 4.80. The predicted molar refractivity (Wildman–Crippen MR) is 58.8 cm³/mol. The Morgan fingerprint density at radius 1 is 1.20 bits per heavy atom. The number of carbonyl (C=O) groups excluding carboxylic acids is 1. The first kappa shape index (κ1) is 8.29. The second-order valence-electron chi connectivity index (χ2n) is 3.48. The molecule has 3 heteroatoms. The molecule has 3 rings (SSSR count). The number of aromatic nitrogens is 1. The lowest BCUT2D eigenvalue weighted by molar-refractivity contribution is 0.100. The highest BCUT2D eigenvalue weighted by molar-refractivity contribution is 6.17. The topological polar surface area (TPSA) is 42.3 Å². The maximum Gasteiger partial charge on any atom is 0.172 e. The third-order valence-electron chi connectivity index (χ3n) is 2.55. The summed E-state index contributed by atoms with van der Waals surface area (Å²) in [5.41, 5.74) is 0.663. The SMILES string of the molecule is O=C1CC=Nc2ncc3ccccc3c21. The van der Waals surface area contributed by atoms with Crippen LogP contribution in [0.25, 0.3) is 10.8 Å². The van der Waals surface area contributed by atoms with Crippen molar-refractivity contribution >= 4 is 28.6 Å². The standard InChI is InChI=1S/C12H8N2O/c15-10-5-6-13-12-11(10)9-4-2-1-3-8(9)7-14-12/h1-4,6-7H,5H2. The Morgan fingerprint density at radius 3 is 3.00 bits per heavy atom. The number of benzene rings is 1. The Morgan fingerprint density at radius 2 is 2.07 bits per heavy atom. The number of Topliss-reactive ketones (excluding diaryl/α,β-unsaturated/α-hetero) is 1. The number of fused-ring (bicyclic) bond motifs is 3. The number of pyridine rings is 1. The largest absolute Gasteiger partial charge is 0.294 e. The van der Waals surface area contributed by atoms with Gasteiger partial charge in [0.2, 0.25) is 0 Å². The van der Waals surface area contributed by atoms with Gasteiger partial charge < -0.3 is 0 Å². The second kappa shape index (κ2) is 2.98. The van der Waals surface area contributed by atoms with Gasteiger partial charge in [0.15, 0.2) is 11.6 Å². The second-order valence-corrected chi connectivity index (χ2v) is 3.48. The van der Waals surface area contributed by atoms with Crippen molar-refractivity contribution in [3.63, 3.8) is 0 Å². The van der Waals surface area contributed by atoms with Crippen LogP contribution in [0.5, 0.6) is 0 Å². The minimum Gasteiger partial charge on any atom is -0.294 e. The number of hydrogen-bond donors (Lipinski definition) is 0. The average Bonchev–Trinajstić information content (AvgIpc) is 2.29. The van der Waals surface area contributed by atoms with Crippen LogP contribution in [-0.2, 0) is 0 Å². The highest BCUT2D eigenvalue weighted by Crippen LogP contribution is 2.28. The van der Waals surface area contributed by atoms with Crippen LogP contribution in [0.3, 0.4) is 0 Å². The monoisotopic (exact) mass is 196 g/mol. The third-order valence-corrected chi connectivity index (χ3v) is 2.55. The van der Waals surface area contributed by atoms with E-state index in [1.54, 1.807) is 12.4 Å². The quantitative estimate of drug-likeness (QED) is 0.649. The smallest absolute Gasteiger partial charge is 0.172 e. The van der Waals surface area contributed by atoms with Gasteiger partial charge in [-0.1, -0.05) is 24.3 Å². The summed E-state index contributed by atoms with van der Waals surface area (Å²) >= 11 is 0. The molecule has 1 aromatic carbocycles. The number of carbonyl (C=O) groups is 1.